The summed E-state index contributed by atoms with van der Waals surface area (Å²) in [6.07, 6.45) is 20.4. The fourth-order valence-electron chi connectivity index (χ4n) is 3.69. The van der Waals surface area contributed by atoms with E-state index in [2.05, 4.69) is 39.0 Å². The topological polar surface area (TPSA) is 0 Å². The van der Waals surface area contributed by atoms with Crippen LogP contribution in [-0.2, 0) is 19.3 Å². The van der Waals surface area contributed by atoms with Gasteiger partial charge in [0.2, 0.25) is 0 Å². The van der Waals surface area contributed by atoms with Gasteiger partial charge in [-0.1, -0.05) is 96.8 Å². The number of unbranched alkanes of at least 4 members (excludes halogenated alkanes) is 9. The van der Waals surface area contributed by atoms with Crippen LogP contribution in [0.4, 0.5) is 0 Å². The first-order valence-electron chi connectivity index (χ1n) is 10.9. The van der Waals surface area contributed by atoms with Crippen LogP contribution in [0.15, 0.2) is 18.2 Å². The Morgan fingerprint density at radius 2 is 0.920 bits per heavy atom. The van der Waals surface area contributed by atoms with E-state index >= 15 is 0 Å². The smallest absolute Gasteiger partial charge is 0.0273 e. The fraction of sp³-hybridized carbons (Fsp3) is 0.750. The minimum Gasteiger partial charge on any atom is -0.147 e. The number of rotatable bonds is 15. The molecule has 0 heterocycles. The number of hydrogen-bond acceptors (Lipinski definition) is 0. The summed E-state index contributed by atoms with van der Waals surface area (Å²) < 4.78 is 0. The summed E-state index contributed by atoms with van der Waals surface area (Å²) in [4.78, 5) is 0. The predicted octanol–water partition coefficient (Wildman–Crippen LogP) is 8.48. The molecule has 0 nitrogen and oxygen atoms in total. The third-order valence-corrected chi connectivity index (χ3v) is 5.25. The molecule has 25 heavy (non-hydrogen) atoms. The minimum atomic E-state index is 0. The monoisotopic (exact) mass is 366 g/mol. The Hall–Kier alpha value is -0.490. The zero-order chi connectivity index (χ0) is 17.5. The number of benzene rings is 1. The standard InChI is InChI=1S/C24H42.ClH/c1-4-7-10-13-17-22-19-16-20-23(18-14-11-8-5-2)24(22)21-15-12-9-6-3;/h16,19-20H,4-15,17-18,21H2,1-3H3;1H. The molecule has 1 aromatic rings. The van der Waals surface area contributed by atoms with Gasteiger partial charge in [-0.2, -0.15) is 0 Å². The Kier molecular flexibility index (Phi) is 16.6. The van der Waals surface area contributed by atoms with Gasteiger partial charge in [0.05, 0.1) is 0 Å². The van der Waals surface area contributed by atoms with Crippen molar-refractivity contribution in [2.24, 2.45) is 0 Å². The van der Waals surface area contributed by atoms with Crippen molar-refractivity contribution in [3.8, 4) is 0 Å². The molecule has 1 heteroatoms. The molecule has 0 radical (unpaired) electrons. The van der Waals surface area contributed by atoms with Gasteiger partial charge in [-0.3, -0.25) is 0 Å². The van der Waals surface area contributed by atoms with Crippen LogP contribution < -0.4 is 0 Å². The van der Waals surface area contributed by atoms with Crippen LogP contribution in [0.1, 0.15) is 115 Å². The first-order valence-corrected chi connectivity index (χ1v) is 10.9. The molecular weight excluding hydrogens is 324 g/mol. The van der Waals surface area contributed by atoms with Crippen molar-refractivity contribution in [3.63, 3.8) is 0 Å². The van der Waals surface area contributed by atoms with E-state index in [-0.39, 0.29) is 12.4 Å². The van der Waals surface area contributed by atoms with Crippen LogP contribution >= 0.6 is 12.4 Å². The number of aryl methyl sites for hydroxylation is 2. The van der Waals surface area contributed by atoms with Crippen molar-refractivity contribution in [1.29, 1.82) is 0 Å². The largest absolute Gasteiger partial charge is 0.147 e. The molecule has 1 aromatic carbocycles. The van der Waals surface area contributed by atoms with Gasteiger partial charge < -0.3 is 0 Å². The molecule has 0 bridgehead atoms. The van der Waals surface area contributed by atoms with Crippen molar-refractivity contribution in [2.45, 2.75) is 117 Å². The van der Waals surface area contributed by atoms with Crippen LogP contribution in [-0.4, -0.2) is 0 Å². The van der Waals surface area contributed by atoms with Gasteiger partial charge in [-0.25, -0.2) is 0 Å². The van der Waals surface area contributed by atoms with E-state index in [1.807, 2.05) is 0 Å². The quantitative estimate of drug-likeness (QED) is 0.273. The zero-order valence-corrected chi connectivity index (χ0v) is 18.1. The zero-order valence-electron chi connectivity index (χ0n) is 17.2. The van der Waals surface area contributed by atoms with Crippen LogP contribution in [0, 0.1) is 0 Å². The van der Waals surface area contributed by atoms with Gasteiger partial charge in [0.1, 0.15) is 0 Å². The van der Waals surface area contributed by atoms with Crippen molar-refractivity contribution in [1.82, 2.24) is 0 Å². The SMILES string of the molecule is CCCCCCc1cccc(CCCCCC)c1CCCCCC.Cl. The fourth-order valence-corrected chi connectivity index (χ4v) is 3.69. The average molecular weight is 367 g/mol. The highest BCUT2D eigenvalue weighted by Crippen LogP contribution is 2.23. The van der Waals surface area contributed by atoms with E-state index in [1.165, 1.54) is 96.3 Å². The lowest BCUT2D eigenvalue weighted by Gasteiger charge is -2.15. The summed E-state index contributed by atoms with van der Waals surface area (Å²) in [5.41, 5.74) is 5.05. The predicted molar refractivity (Wildman–Crippen MR) is 117 cm³/mol. The summed E-state index contributed by atoms with van der Waals surface area (Å²) in [6, 6.07) is 7.15. The normalized spacial score (nSPS) is 10.7. The molecule has 0 atom stereocenters. The Labute approximate surface area is 164 Å². The maximum atomic E-state index is 2.41. The molecule has 0 N–H and O–H groups in total. The Bertz CT molecular complexity index is 380. The molecule has 0 aliphatic heterocycles. The molecular formula is C24H43Cl. The molecule has 0 amide bonds. The van der Waals surface area contributed by atoms with Crippen molar-refractivity contribution in [3.05, 3.63) is 34.9 Å². The molecule has 146 valence electrons. The van der Waals surface area contributed by atoms with Crippen molar-refractivity contribution >= 4 is 12.4 Å². The molecule has 0 aromatic heterocycles. The summed E-state index contributed by atoms with van der Waals surface area (Å²) in [5.74, 6) is 0. The molecule has 0 aliphatic rings. The molecule has 0 fully saturated rings. The van der Waals surface area contributed by atoms with Crippen LogP contribution in [0.2, 0.25) is 0 Å². The Morgan fingerprint density at radius 3 is 1.32 bits per heavy atom. The average Bonchev–Trinajstić information content (AvgIpc) is 2.60. The third kappa shape index (κ3) is 11.0. The van der Waals surface area contributed by atoms with Crippen LogP contribution in [0.25, 0.3) is 0 Å². The second-order valence-electron chi connectivity index (χ2n) is 7.49. The summed E-state index contributed by atoms with van der Waals surface area (Å²) >= 11 is 0. The maximum absolute atomic E-state index is 2.41. The van der Waals surface area contributed by atoms with Gasteiger partial charge in [0.25, 0.3) is 0 Å². The van der Waals surface area contributed by atoms with Crippen LogP contribution in [0.3, 0.4) is 0 Å². The molecule has 0 spiro atoms. The van der Waals surface area contributed by atoms with Gasteiger partial charge in [0, 0.05) is 0 Å². The molecule has 0 saturated heterocycles. The highest BCUT2D eigenvalue weighted by molar-refractivity contribution is 5.85. The van der Waals surface area contributed by atoms with Gasteiger partial charge >= 0.3 is 0 Å². The van der Waals surface area contributed by atoms with Crippen LogP contribution in [0.5, 0.6) is 0 Å². The second kappa shape index (κ2) is 17.0. The molecule has 0 aliphatic carbocycles. The van der Waals surface area contributed by atoms with Crippen molar-refractivity contribution < 1.29 is 0 Å². The summed E-state index contributed by atoms with van der Waals surface area (Å²) in [6.45, 7) is 6.91. The highest BCUT2D eigenvalue weighted by atomic mass is 35.5. The first kappa shape index (κ1) is 24.5. The lowest BCUT2D eigenvalue weighted by atomic mass is 9.90. The summed E-state index contributed by atoms with van der Waals surface area (Å²) in [5, 5.41) is 0. The van der Waals surface area contributed by atoms with Gasteiger partial charge in [-0.15, -0.1) is 12.4 Å². The lowest BCUT2D eigenvalue weighted by Crippen LogP contribution is -2.02. The lowest BCUT2D eigenvalue weighted by molar-refractivity contribution is 0.639. The molecule has 0 unspecified atom stereocenters. The van der Waals surface area contributed by atoms with Crippen molar-refractivity contribution in [2.75, 3.05) is 0 Å². The number of hydrogen-bond donors (Lipinski definition) is 0. The Morgan fingerprint density at radius 1 is 0.520 bits per heavy atom. The summed E-state index contributed by atoms with van der Waals surface area (Å²) in [7, 11) is 0. The maximum Gasteiger partial charge on any atom is -0.0273 e. The minimum absolute atomic E-state index is 0. The first-order chi connectivity index (χ1) is 11.8. The highest BCUT2D eigenvalue weighted by Gasteiger charge is 2.08. The Balaban J connectivity index is 0.00000576. The molecule has 1 rings (SSSR count). The van der Waals surface area contributed by atoms with E-state index in [0.29, 0.717) is 0 Å². The van der Waals surface area contributed by atoms with E-state index < -0.39 is 0 Å². The third-order valence-electron chi connectivity index (χ3n) is 5.25. The number of halogens is 1. The molecule has 0 saturated carbocycles. The van der Waals surface area contributed by atoms with E-state index in [0.717, 1.165) is 0 Å². The van der Waals surface area contributed by atoms with E-state index in [9.17, 15) is 0 Å². The van der Waals surface area contributed by atoms with E-state index in [4.69, 9.17) is 0 Å². The van der Waals surface area contributed by atoms with E-state index in [1.54, 1.807) is 16.7 Å². The van der Waals surface area contributed by atoms with Gasteiger partial charge in [-0.05, 0) is 55.2 Å². The van der Waals surface area contributed by atoms with Gasteiger partial charge in [0.15, 0.2) is 0 Å². The second-order valence-corrected chi connectivity index (χ2v) is 7.49.